The van der Waals surface area contributed by atoms with Crippen LogP contribution in [-0.2, 0) is 18.6 Å². The predicted octanol–water partition coefficient (Wildman–Crippen LogP) is 11.3. The maximum absolute atomic E-state index is 5.35. The van der Waals surface area contributed by atoms with Crippen molar-refractivity contribution in [2.45, 2.75) is 0 Å². The third-order valence-electron chi connectivity index (χ3n) is 9.00. The van der Waals surface area contributed by atoms with E-state index in [0.717, 1.165) is 89.4 Å². The van der Waals surface area contributed by atoms with Crippen molar-refractivity contribution in [3.63, 3.8) is 0 Å². The van der Waals surface area contributed by atoms with Crippen molar-refractivity contribution >= 4 is 46.4 Å². The summed E-state index contributed by atoms with van der Waals surface area (Å²) in [5.74, 6) is 0. The Kier molecular flexibility index (Phi) is 8.02. The molecule has 0 amide bonds. The Morgan fingerprint density at radius 2 is 0.510 bits per heavy atom. The van der Waals surface area contributed by atoms with E-state index < -0.39 is 0 Å². The van der Waals surface area contributed by atoms with E-state index in [9.17, 15) is 0 Å². The van der Waals surface area contributed by atoms with Crippen LogP contribution < -0.4 is 0 Å². The first-order valence-corrected chi connectivity index (χ1v) is 16.2. The molecule has 3 aromatic heterocycles. The largest absolute Gasteiger partial charge is 4.00 e. The Labute approximate surface area is 296 Å². The molecule has 9 rings (SSSR count). The summed E-state index contributed by atoms with van der Waals surface area (Å²) in [5.41, 5.74) is 16.2. The smallest absolute Gasteiger partial charge is 0.354 e. The minimum atomic E-state index is 0. The summed E-state index contributed by atoms with van der Waals surface area (Å²) < 4.78 is 0. The van der Waals surface area contributed by atoms with E-state index in [-0.39, 0.29) is 18.6 Å². The molecule has 2 N–H and O–H groups in total. The second-order valence-corrected chi connectivity index (χ2v) is 12.0. The van der Waals surface area contributed by atoms with E-state index in [0.29, 0.717) is 0 Å². The molecule has 4 nitrogen and oxygen atoms in total. The monoisotopic (exact) mass is 665 g/mol. The molecule has 5 heteroatoms. The molecule has 4 aromatic carbocycles. The Bertz CT molecular complexity index is 2180. The predicted molar refractivity (Wildman–Crippen MR) is 201 cm³/mol. The van der Waals surface area contributed by atoms with Crippen LogP contribution in [0.5, 0.6) is 0 Å². The number of rotatable bonds is 4. The zero-order valence-corrected chi connectivity index (χ0v) is 27.9. The fraction of sp³-hybridized carbons (Fsp3) is 0. The van der Waals surface area contributed by atoms with E-state index in [2.05, 4.69) is 156 Å². The number of hydrogen-bond acceptors (Lipinski definition) is 2. The summed E-state index contributed by atoms with van der Waals surface area (Å²) >= 11 is 0. The Morgan fingerprint density at radius 1 is 0.286 bits per heavy atom. The van der Waals surface area contributed by atoms with Crippen LogP contribution in [0, 0.1) is 0 Å². The van der Waals surface area contributed by atoms with Crippen molar-refractivity contribution in [2.24, 2.45) is 0 Å². The first kappa shape index (κ1) is 30.4. The Balaban J connectivity index is 0.00000348. The van der Waals surface area contributed by atoms with Crippen molar-refractivity contribution in [2.75, 3.05) is 0 Å². The average molecular weight is 666 g/mol. The fourth-order valence-electron chi connectivity index (χ4n) is 6.84. The molecule has 8 bridgehead atoms. The van der Waals surface area contributed by atoms with E-state index in [1.165, 1.54) is 0 Å². The number of fused-ring (bicyclic) bond motifs is 8. The molecule has 0 saturated heterocycles. The number of benzene rings is 4. The maximum atomic E-state index is 5.35. The van der Waals surface area contributed by atoms with Crippen LogP contribution in [0.2, 0.25) is 0 Å². The van der Waals surface area contributed by atoms with Gasteiger partial charge in [-0.2, -0.15) is 0 Å². The van der Waals surface area contributed by atoms with Gasteiger partial charge in [-0.25, -0.2) is 9.97 Å². The molecule has 0 spiro atoms. The fourth-order valence-corrected chi connectivity index (χ4v) is 6.84. The molecule has 0 fully saturated rings. The Hall–Kier alpha value is -5.94. The summed E-state index contributed by atoms with van der Waals surface area (Å²) in [6.07, 6.45) is 8.54. The van der Waals surface area contributed by atoms with Crippen molar-refractivity contribution in [3.05, 3.63) is 168 Å². The molecule has 0 unspecified atom stereocenters. The molecular formula is C44H30N4V+4. The standard InChI is InChI=1S/C44H30N4.V/c1-5-13-29(14-6-1)41-33-21-23-35(45-33)42(30-15-7-2-8-16-30)37-25-27-39(47-37)44(32-19-11-4-12-20-32)40-28-26-38(48-40)43(31-17-9-3-10-18-31)36-24-22-34(41)46-36;/h1-28,45,48H;/q;+4. The van der Waals surface area contributed by atoms with Crippen LogP contribution in [0.25, 0.3) is 90.9 Å². The van der Waals surface area contributed by atoms with Crippen molar-refractivity contribution < 1.29 is 18.6 Å². The van der Waals surface area contributed by atoms with Gasteiger partial charge in [0.1, 0.15) is 0 Å². The molecule has 227 valence electrons. The zero-order chi connectivity index (χ0) is 31.9. The average Bonchev–Trinajstić information content (AvgIpc) is 3.98. The van der Waals surface area contributed by atoms with Crippen LogP contribution in [-0.4, -0.2) is 19.9 Å². The van der Waals surface area contributed by atoms with Gasteiger partial charge in [-0.05, 0) is 70.8 Å². The minimum absolute atomic E-state index is 0. The molecule has 5 heterocycles. The van der Waals surface area contributed by atoms with Crippen molar-refractivity contribution in [1.82, 2.24) is 19.9 Å². The number of aromatic amines is 2. The third-order valence-corrected chi connectivity index (χ3v) is 9.00. The molecule has 7 aromatic rings. The SMILES string of the molecule is C1=Cc2nc1c(-c1ccccc1)c1ccc([nH]1)c(-c1ccccc1)c1nc(c(-c3ccccc3)c3ccc([nH]3)c2-c2ccccc2)C=C1.[V+4]. The first-order valence-electron chi connectivity index (χ1n) is 16.2. The maximum Gasteiger partial charge on any atom is 4.00 e. The van der Waals surface area contributed by atoms with Crippen molar-refractivity contribution in [1.29, 1.82) is 0 Å². The molecule has 2 aliphatic rings. The van der Waals surface area contributed by atoms with Gasteiger partial charge in [0, 0.05) is 44.3 Å². The molecule has 0 saturated carbocycles. The number of hydrogen-bond donors (Lipinski definition) is 2. The summed E-state index contributed by atoms with van der Waals surface area (Å²) in [6, 6.07) is 50.7. The quantitative estimate of drug-likeness (QED) is 0.197. The second kappa shape index (κ2) is 12.9. The van der Waals surface area contributed by atoms with Gasteiger partial charge >= 0.3 is 18.6 Å². The van der Waals surface area contributed by atoms with E-state index >= 15 is 0 Å². The number of nitrogens with one attached hydrogen (secondary N) is 2. The zero-order valence-electron chi connectivity index (χ0n) is 26.5. The molecule has 0 aliphatic carbocycles. The van der Waals surface area contributed by atoms with Gasteiger partial charge in [0.05, 0.1) is 22.8 Å². The number of nitrogens with zero attached hydrogens (tertiary/aromatic N) is 2. The van der Waals surface area contributed by atoms with Crippen LogP contribution in [0.3, 0.4) is 0 Å². The molecule has 0 atom stereocenters. The first-order chi connectivity index (χ1) is 23.8. The van der Waals surface area contributed by atoms with Gasteiger partial charge in [-0.15, -0.1) is 0 Å². The van der Waals surface area contributed by atoms with Gasteiger partial charge in [-0.3, -0.25) is 0 Å². The summed E-state index contributed by atoms with van der Waals surface area (Å²) in [5, 5.41) is 0. The molecule has 2 aliphatic heterocycles. The molecule has 49 heavy (non-hydrogen) atoms. The van der Waals surface area contributed by atoms with Gasteiger partial charge in [0.15, 0.2) is 0 Å². The minimum Gasteiger partial charge on any atom is -0.354 e. The van der Waals surface area contributed by atoms with Gasteiger partial charge in [-0.1, -0.05) is 121 Å². The number of aromatic nitrogens is 4. The van der Waals surface area contributed by atoms with E-state index in [1.54, 1.807) is 0 Å². The topological polar surface area (TPSA) is 57.4 Å². The molecular weight excluding hydrogens is 635 g/mol. The van der Waals surface area contributed by atoms with Crippen LogP contribution in [0.4, 0.5) is 0 Å². The Morgan fingerprint density at radius 3 is 0.735 bits per heavy atom. The van der Waals surface area contributed by atoms with Gasteiger partial charge in [0.25, 0.3) is 0 Å². The van der Waals surface area contributed by atoms with Crippen LogP contribution in [0.1, 0.15) is 22.8 Å². The normalized spacial score (nSPS) is 11.8. The number of H-pyrrole nitrogens is 2. The van der Waals surface area contributed by atoms with Crippen molar-refractivity contribution in [3.8, 4) is 44.5 Å². The summed E-state index contributed by atoms with van der Waals surface area (Å²) in [4.78, 5) is 18.3. The summed E-state index contributed by atoms with van der Waals surface area (Å²) in [6.45, 7) is 0. The van der Waals surface area contributed by atoms with Crippen LogP contribution >= 0.6 is 0 Å². The van der Waals surface area contributed by atoms with E-state index in [1.807, 2.05) is 24.3 Å². The summed E-state index contributed by atoms with van der Waals surface area (Å²) in [7, 11) is 0. The van der Waals surface area contributed by atoms with E-state index in [4.69, 9.17) is 9.97 Å². The van der Waals surface area contributed by atoms with Crippen LogP contribution in [0.15, 0.2) is 146 Å². The molecule has 1 radical (unpaired) electrons. The second-order valence-electron chi connectivity index (χ2n) is 12.0. The third kappa shape index (κ3) is 5.57. The van der Waals surface area contributed by atoms with Gasteiger partial charge in [0.2, 0.25) is 0 Å². The van der Waals surface area contributed by atoms with Gasteiger partial charge < -0.3 is 9.97 Å².